The van der Waals surface area contributed by atoms with Gasteiger partial charge in [-0.2, -0.15) is 0 Å². The molecule has 15 heavy (non-hydrogen) atoms. The lowest BCUT2D eigenvalue weighted by atomic mass is 10.0. The molecule has 1 unspecified atom stereocenters. The molecule has 1 rings (SSSR count). The molecule has 1 aromatic rings. The normalized spacial score (nSPS) is 14.7. The first-order chi connectivity index (χ1) is 7.00. The third-order valence-corrected chi connectivity index (χ3v) is 3.08. The number of nitrogens with zero attached hydrogens (tertiary/aromatic N) is 1. The molecule has 0 aliphatic carbocycles. The first-order valence-electron chi connectivity index (χ1n) is 4.71. The Morgan fingerprint density at radius 1 is 1.67 bits per heavy atom. The van der Waals surface area contributed by atoms with Crippen molar-refractivity contribution < 1.29 is 5.11 Å². The number of rotatable bonds is 4. The van der Waals surface area contributed by atoms with Crippen LogP contribution in [0.4, 0.5) is 5.82 Å². The van der Waals surface area contributed by atoms with E-state index in [0.29, 0.717) is 10.8 Å². The highest BCUT2D eigenvalue weighted by Gasteiger charge is 2.21. The summed E-state index contributed by atoms with van der Waals surface area (Å²) >= 11 is 9.30. The molecule has 0 spiro atoms. The molecule has 0 aliphatic heterocycles. The first-order valence-corrected chi connectivity index (χ1v) is 5.88. The van der Waals surface area contributed by atoms with Crippen LogP contribution in [0, 0.1) is 0 Å². The maximum Gasteiger partial charge on any atom is 0.145 e. The molecule has 0 saturated carbocycles. The lowest BCUT2D eigenvalue weighted by Crippen LogP contribution is -2.38. The molecule has 84 valence electrons. The van der Waals surface area contributed by atoms with Gasteiger partial charge in [-0.3, -0.25) is 0 Å². The fourth-order valence-electron chi connectivity index (χ4n) is 1.03. The molecule has 0 aromatic carbocycles. The Labute approximate surface area is 103 Å². The minimum absolute atomic E-state index is 0.0393. The Kier molecular flexibility index (Phi) is 4.37. The zero-order chi connectivity index (χ0) is 11.5. The Morgan fingerprint density at radius 3 is 2.80 bits per heavy atom. The largest absolute Gasteiger partial charge is 0.394 e. The van der Waals surface area contributed by atoms with E-state index in [1.807, 2.05) is 13.8 Å². The molecule has 0 fully saturated rings. The van der Waals surface area contributed by atoms with Crippen LogP contribution in [0.1, 0.15) is 20.3 Å². The van der Waals surface area contributed by atoms with Crippen molar-refractivity contribution in [2.24, 2.45) is 0 Å². The standard InChI is InChI=1S/C10H14BrClN2O/c1-3-10(2,6-15)14-9-8(12)4-7(11)5-13-9/h4-5,15H,3,6H2,1-2H3,(H,13,14). The average Bonchev–Trinajstić information content (AvgIpc) is 2.22. The van der Waals surface area contributed by atoms with Crippen molar-refractivity contribution in [2.45, 2.75) is 25.8 Å². The summed E-state index contributed by atoms with van der Waals surface area (Å²) in [6.07, 6.45) is 2.46. The van der Waals surface area contributed by atoms with Crippen molar-refractivity contribution in [1.82, 2.24) is 4.98 Å². The van der Waals surface area contributed by atoms with Gasteiger partial charge in [0.25, 0.3) is 0 Å². The van der Waals surface area contributed by atoms with Crippen LogP contribution < -0.4 is 5.32 Å². The molecule has 0 bridgehead atoms. The van der Waals surface area contributed by atoms with Crippen LogP contribution in [0.15, 0.2) is 16.7 Å². The lowest BCUT2D eigenvalue weighted by Gasteiger charge is -2.28. The molecule has 5 heteroatoms. The van der Waals surface area contributed by atoms with Crippen LogP contribution in [0.2, 0.25) is 5.02 Å². The second kappa shape index (κ2) is 5.14. The van der Waals surface area contributed by atoms with Crippen LogP contribution in [-0.2, 0) is 0 Å². The third-order valence-electron chi connectivity index (χ3n) is 2.36. The summed E-state index contributed by atoms with van der Waals surface area (Å²) in [7, 11) is 0. The van der Waals surface area contributed by atoms with E-state index in [9.17, 15) is 5.11 Å². The zero-order valence-electron chi connectivity index (χ0n) is 8.72. The second-order valence-corrected chi connectivity index (χ2v) is 5.00. The predicted octanol–water partition coefficient (Wildman–Crippen LogP) is 3.07. The molecular weight excluding hydrogens is 279 g/mol. The second-order valence-electron chi connectivity index (χ2n) is 3.68. The van der Waals surface area contributed by atoms with E-state index in [1.54, 1.807) is 12.3 Å². The summed E-state index contributed by atoms with van der Waals surface area (Å²) in [4.78, 5) is 4.16. The predicted molar refractivity (Wildman–Crippen MR) is 66.4 cm³/mol. The van der Waals surface area contributed by atoms with Crippen LogP contribution in [-0.4, -0.2) is 22.2 Å². The maximum atomic E-state index is 9.25. The summed E-state index contributed by atoms with van der Waals surface area (Å²) in [6.45, 7) is 3.96. The average molecular weight is 294 g/mol. The fraction of sp³-hybridized carbons (Fsp3) is 0.500. The first kappa shape index (κ1) is 12.7. The topological polar surface area (TPSA) is 45.1 Å². The number of halogens is 2. The van der Waals surface area contributed by atoms with E-state index in [1.165, 1.54) is 0 Å². The maximum absolute atomic E-state index is 9.25. The number of hydrogen-bond acceptors (Lipinski definition) is 3. The van der Waals surface area contributed by atoms with Gasteiger partial charge in [-0.25, -0.2) is 4.98 Å². The SMILES string of the molecule is CCC(C)(CO)Nc1ncc(Br)cc1Cl. The van der Waals surface area contributed by atoms with Gasteiger partial charge in [-0.05, 0) is 35.3 Å². The fourth-order valence-corrected chi connectivity index (χ4v) is 1.71. The molecule has 0 radical (unpaired) electrons. The summed E-state index contributed by atoms with van der Waals surface area (Å²) < 4.78 is 0.834. The molecule has 3 nitrogen and oxygen atoms in total. The monoisotopic (exact) mass is 292 g/mol. The van der Waals surface area contributed by atoms with Crippen molar-refractivity contribution in [2.75, 3.05) is 11.9 Å². The molecule has 0 amide bonds. The van der Waals surface area contributed by atoms with Gasteiger partial charge in [-0.1, -0.05) is 18.5 Å². The van der Waals surface area contributed by atoms with Crippen LogP contribution in [0.3, 0.4) is 0 Å². The minimum Gasteiger partial charge on any atom is -0.394 e. The van der Waals surface area contributed by atoms with Gasteiger partial charge in [0.1, 0.15) is 5.82 Å². The van der Waals surface area contributed by atoms with E-state index >= 15 is 0 Å². The Bertz CT molecular complexity index is 342. The molecule has 0 saturated heterocycles. The summed E-state index contributed by atoms with van der Waals surface area (Å²) in [5, 5.41) is 12.9. The van der Waals surface area contributed by atoms with Crippen LogP contribution >= 0.6 is 27.5 Å². The number of nitrogens with one attached hydrogen (secondary N) is 1. The van der Waals surface area contributed by atoms with Crippen molar-refractivity contribution in [1.29, 1.82) is 0 Å². The van der Waals surface area contributed by atoms with Crippen molar-refractivity contribution in [3.63, 3.8) is 0 Å². The van der Waals surface area contributed by atoms with Crippen LogP contribution in [0.25, 0.3) is 0 Å². The van der Waals surface area contributed by atoms with Crippen molar-refractivity contribution >= 4 is 33.3 Å². The number of aromatic nitrogens is 1. The van der Waals surface area contributed by atoms with Gasteiger partial charge < -0.3 is 10.4 Å². The number of hydrogen-bond donors (Lipinski definition) is 2. The van der Waals surface area contributed by atoms with E-state index in [4.69, 9.17) is 11.6 Å². The van der Waals surface area contributed by atoms with Gasteiger partial charge in [0, 0.05) is 10.7 Å². The zero-order valence-corrected chi connectivity index (χ0v) is 11.1. The highest BCUT2D eigenvalue weighted by atomic mass is 79.9. The molecule has 0 aliphatic rings. The quantitative estimate of drug-likeness (QED) is 0.897. The number of aliphatic hydroxyl groups is 1. The van der Waals surface area contributed by atoms with Gasteiger partial charge in [0.2, 0.25) is 0 Å². The third kappa shape index (κ3) is 3.33. The van der Waals surface area contributed by atoms with Gasteiger partial charge >= 0.3 is 0 Å². The van der Waals surface area contributed by atoms with Crippen molar-refractivity contribution in [3.05, 3.63) is 21.8 Å². The Hall–Kier alpha value is -0.320. The van der Waals surface area contributed by atoms with E-state index in [0.717, 1.165) is 10.9 Å². The summed E-state index contributed by atoms with van der Waals surface area (Å²) in [5.41, 5.74) is -0.384. The molecule has 1 heterocycles. The molecular formula is C10H14BrClN2O. The molecule has 1 aromatic heterocycles. The molecule has 1 atom stereocenters. The van der Waals surface area contributed by atoms with Gasteiger partial charge in [0.15, 0.2) is 0 Å². The highest BCUT2D eigenvalue weighted by molar-refractivity contribution is 9.10. The smallest absolute Gasteiger partial charge is 0.145 e. The Morgan fingerprint density at radius 2 is 2.33 bits per heavy atom. The van der Waals surface area contributed by atoms with E-state index < -0.39 is 0 Å². The van der Waals surface area contributed by atoms with Crippen molar-refractivity contribution in [3.8, 4) is 0 Å². The number of pyridine rings is 1. The summed E-state index contributed by atoms with van der Waals surface area (Å²) in [5.74, 6) is 0.596. The minimum atomic E-state index is -0.384. The van der Waals surface area contributed by atoms with Gasteiger partial charge in [0.05, 0.1) is 17.2 Å². The highest BCUT2D eigenvalue weighted by Crippen LogP contribution is 2.26. The lowest BCUT2D eigenvalue weighted by molar-refractivity contribution is 0.218. The number of anilines is 1. The van der Waals surface area contributed by atoms with E-state index in [-0.39, 0.29) is 12.1 Å². The number of aliphatic hydroxyl groups excluding tert-OH is 1. The van der Waals surface area contributed by atoms with Gasteiger partial charge in [-0.15, -0.1) is 0 Å². The van der Waals surface area contributed by atoms with Crippen LogP contribution in [0.5, 0.6) is 0 Å². The van der Waals surface area contributed by atoms with E-state index in [2.05, 4.69) is 26.2 Å². The summed E-state index contributed by atoms with van der Waals surface area (Å²) in [6, 6.07) is 1.77. The molecule has 2 N–H and O–H groups in total. The Balaban J connectivity index is 2.89.